The van der Waals surface area contributed by atoms with Crippen molar-refractivity contribution in [2.45, 2.75) is 26.3 Å². The summed E-state index contributed by atoms with van der Waals surface area (Å²) in [5.74, 6) is -0.602. The second-order valence-electron chi connectivity index (χ2n) is 5.77. The van der Waals surface area contributed by atoms with Crippen LogP contribution in [-0.4, -0.2) is 35.3 Å². The highest BCUT2D eigenvalue weighted by atomic mass is 35.5. The normalized spacial score (nSPS) is 12.0. The van der Waals surface area contributed by atoms with Crippen molar-refractivity contribution < 1.29 is 9.59 Å². The molecule has 1 aromatic carbocycles. The second kappa shape index (κ2) is 8.94. The van der Waals surface area contributed by atoms with Gasteiger partial charge in [0.15, 0.2) is 0 Å². The lowest BCUT2D eigenvalue weighted by atomic mass is 10.1. The van der Waals surface area contributed by atoms with E-state index >= 15 is 0 Å². The van der Waals surface area contributed by atoms with E-state index in [1.165, 1.54) is 11.3 Å². The number of benzene rings is 1. The van der Waals surface area contributed by atoms with E-state index in [1.54, 1.807) is 0 Å². The maximum Gasteiger partial charge on any atom is 0.252 e. The predicted molar refractivity (Wildman–Crippen MR) is 99.3 cm³/mol. The number of nitrogens with zero attached hydrogens (tertiary/aromatic N) is 2. The molecule has 25 heavy (non-hydrogen) atoms. The summed E-state index contributed by atoms with van der Waals surface area (Å²) in [6.45, 7) is 3.97. The Morgan fingerprint density at radius 1 is 1.28 bits per heavy atom. The van der Waals surface area contributed by atoms with Crippen LogP contribution >= 0.6 is 22.9 Å². The molecule has 6 nitrogen and oxygen atoms in total. The van der Waals surface area contributed by atoms with Crippen molar-refractivity contribution in [2.24, 2.45) is 0 Å². The predicted octanol–water partition coefficient (Wildman–Crippen LogP) is 2.49. The fraction of sp³-hybridized carbons (Fsp3) is 0.353. The van der Waals surface area contributed by atoms with Gasteiger partial charge in [-0.25, -0.2) is 4.98 Å². The summed E-state index contributed by atoms with van der Waals surface area (Å²) in [5, 5.41) is 3.26. The third-order valence-electron chi connectivity index (χ3n) is 3.73. The number of amides is 2. The lowest BCUT2D eigenvalue weighted by Gasteiger charge is -2.25. The highest BCUT2D eigenvalue weighted by Crippen LogP contribution is 2.25. The topological polar surface area (TPSA) is 74.3 Å². The number of nitrogens with one attached hydrogen (secondary N) is 2. The molecule has 2 aromatic rings. The van der Waals surface area contributed by atoms with Gasteiger partial charge in [-0.3, -0.25) is 25.3 Å². The van der Waals surface area contributed by atoms with Gasteiger partial charge in [0.2, 0.25) is 5.91 Å². The number of likely N-dealkylation sites (N-methyl/N-ethyl adjacent to an activating group) is 1. The molecule has 8 heteroatoms. The van der Waals surface area contributed by atoms with Crippen molar-refractivity contribution in [1.82, 2.24) is 20.7 Å². The van der Waals surface area contributed by atoms with Crippen molar-refractivity contribution in [1.29, 1.82) is 0 Å². The first-order valence-corrected chi connectivity index (χ1v) is 9.06. The van der Waals surface area contributed by atoms with Crippen LogP contribution in [0.1, 0.15) is 29.2 Å². The van der Waals surface area contributed by atoms with Crippen LogP contribution in [0.15, 0.2) is 29.6 Å². The third-order valence-corrected chi connectivity index (χ3v) is 5.04. The lowest BCUT2D eigenvalue weighted by Crippen LogP contribution is -2.46. The minimum Gasteiger partial charge on any atom is -0.291 e. The van der Waals surface area contributed by atoms with Crippen LogP contribution in [0.2, 0.25) is 5.02 Å². The molecular formula is C17H21ClN4O2S. The van der Waals surface area contributed by atoms with E-state index < -0.39 is 0 Å². The molecule has 2 amide bonds. The van der Waals surface area contributed by atoms with E-state index in [-0.39, 0.29) is 30.8 Å². The van der Waals surface area contributed by atoms with Gasteiger partial charge in [0.05, 0.1) is 13.0 Å². The molecule has 1 unspecified atom stereocenters. The molecule has 2 N–H and O–H groups in total. The lowest BCUT2D eigenvalue weighted by molar-refractivity contribution is -0.129. The zero-order valence-corrected chi connectivity index (χ0v) is 15.9. The Bertz CT molecular complexity index is 750. The Hall–Kier alpha value is -1.96. The molecule has 1 atom stereocenters. The first-order chi connectivity index (χ1) is 11.9. The minimum absolute atomic E-state index is 0.0338. The molecule has 2 rings (SSSR count). The first-order valence-electron chi connectivity index (χ1n) is 7.80. The largest absolute Gasteiger partial charge is 0.291 e. The Morgan fingerprint density at radius 2 is 1.96 bits per heavy atom. The van der Waals surface area contributed by atoms with Crippen LogP contribution in [0.3, 0.4) is 0 Å². The van der Waals surface area contributed by atoms with Crippen molar-refractivity contribution >= 4 is 34.8 Å². The molecule has 1 aromatic heterocycles. The Labute approximate surface area is 156 Å². The fourth-order valence-electron chi connectivity index (χ4n) is 2.26. The number of carbonyl (C=O) groups excluding carboxylic acids is 2. The summed E-state index contributed by atoms with van der Waals surface area (Å²) in [4.78, 5) is 29.9. The number of hydrogen-bond acceptors (Lipinski definition) is 5. The summed E-state index contributed by atoms with van der Waals surface area (Å²) < 4.78 is 0. The minimum atomic E-state index is -0.301. The van der Waals surface area contributed by atoms with E-state index in [9.17, 15) is 9.59 Å². The molecular weight excluding hydrogens is 360 g/mol. The number of carbonyl (C=O) groups is 2. The van der Waals surface area contributed by atoms with Gasteiger partial charge in [-0.1, -0.05) is 29.8 Å². The Morgan fingerprint density at radius 3 is 2.60 bits per heavy atom. The number of halogens is 1. The van der Waals surface area contributed by atoms with Crippen molar-refractivity contribution in [2.75, 3.05) is 13.6 Å². The summed E-state index contributed by atoms with van der Waals surface area (Å²) in [6, 6.07) is 7.49. The van der Waals surface area contributed by atoms with Gasteiger partial charge >= 0.3 is 0 Å². The Kier molecular flexibility index (Phi) is 6.92. The van der Waals surface area contributed by atoms with Crippen LogP contribution in [0, 0.1) is 6.92 Å². The van der Waals surface area contributed by atoms with Crippen LogP contribution < -0.4 is 10.9 Å². The zero-order valence-electron chi connectivity index (χ0n) is 14.4. The highest BCUT2D eigenvalue weighted by molar-refractivity contribution is 7.09. The number of thiazole rings is 1. The van der Waals surface area contributed by atoms with E-state index in [2.05, 4.69) is 15.8 Å². The van der Waals surface area contributed by atoms with Gasteiger partial charge in [-0.15, -0.1) is 11.3 Å². The van der Waals surface area contributed by atoms with E-state index in [0.717, 1.165) is 11.3 Å². The molecule has 0 fully saturated rings. The number of hydrazine groups is 1. The molecule has 1 heterocycles. The van der Waals surface area contributed by atoms with Crippen LogP contribution in [-0.2, 0) is 16.0 Å². The number of hydrogen-bond donors (Lipinski definition) is 2. The molecule has 0 aliphatic rings. The van der Waals surface area contributed by atoms with Crippen LogP contribution in [0.5, 0.6) is 0 Å². The second-order valence-corrected chi connectivity index (χ2v) is 7.12. The number of aryl methyl sites for hydroxylation is 1. The van der Waals surface area contributed by atoms with Gasteiger partial charge in [0, 0.05) is 22.1 Å². The molecule has 0 aliphatic carbocycles. The SMILES string of the molecule is Cc1csc(CC(=O)NNC(=O)CN(C)C(C)c2ccccc2Cl)n1. The van der Waals surface area contributed by atoms with Gasteiger partial charge in [-0.05, 0) is 32.5 Å². The molecule has 0 bridgehead atoms. The maximum absolute atomic E-state index is 12.0. The van der Waals surface area contributed by atoms with Crippen molar-refractivity contribution in [3.63, 3.8) is 0 Å². The average molecular weight is 381 g/mol. The van der Waals surface area contributed by atoms with Crippen LogP contribution in [0.4, 0.5) is 0 Å². The highest BCUT2D eigenvalue weighted by Gasteiger charge is 2.17. The van der Waals surface area contributed by atoms with Gasteiger partial charge in [0.25, 0.3) is 5.91 Å². The fourth-order valence-corrected chi connectivity index (χ4v) is 3.32. The molecule has 0 radical (unpaired) electrons. The molecule has 0 saturated heterocycles. The van der Waals surface area contributed by atoms with Gasteiger partial charge in [0.1, 0.15) is 5.01 Å². The van der Waals surface area contributed by atoms with E-state index in [1.807, 2.05) is 55.4 Å². The summed E-state index contributed by atoms with van der Waals surface area (Å²) in [7, 11) is 1.83. The summed E-state index contributed by atoms with van der Waals surface area (Å²) in [6.07, 6.45) is 0.144. The van der Waals surface area contributed by atoms with E-state index in [4.69, 9.17) is 11.6 Å². The van der Waals surface area contributed by atoms with Gasteiger partial charge in [-0.2, -0.15) is 0 Å². The van der Waals surface area contributed by atoms with Crippen molar-refractivity contribution in [3.05, 3.63) is 50.9 Å². The van der Waals surface area contributed by atoms with Gasteiger partial charge < -0.3 is 0 Å². The summed E-state index contributed by atoms with van der Waals surface area (Å²) in [5.41, 5.74) is 6.66. The Balaban J connectivity index is 1.79. The third kappa shape index (κ3) is 5.81. The number of rotatable bonds is 6. The van der Waals surface area contributed by atoms with E-state index in [0.29, 0.717) is 10.0 Å². The average Bonchev–Trinajstić information content (AvgIpc) is 2.97. The first kappa shape index (κ1) is 19.4. The molecule has 134 valence electrons. The smallest absolute Gasteiger partial charge is 0.252 e. The van der Waals surface area contributed by atoms with Crippen molar-refractivity contribution in [3.8, 4) is 0 Å². The molecule has 0 saturated carbocycles. The standard InChI is InChI=1S/C17H21ClN4O2S/c1-11-10-25-17(19-11)8-15(23)20-21-16(24)9-22(3)12(2)13-6-4-5-7-14(13)18/h4-7,10,12H,8-9H2,1-3H3,(H,20,23)(H,21,24). The quantitative estimate of drug-likeness (QED) is 0.755. The maximum atomic E-state index is 12.0. The zero-order chi connectivity index (χ0) is 18.4. The molecule has 0 aliphatic heterocycles. The molecule has 0 spiro atoms. The summed E-state index contributed by atoms with van der Waals surface area (Å²) >= 11 is 7.61. The monoisotopic (exact) mass is 380 g/mol. The van der Waals surface area contributed by atoms with Crippen LogP contribution in [0.25, 0.3) is 0 Å². The number of aromatic nitrogens is 1.